The molecule has 14 heteroatoms. The maximum atomic E-state index is 9.22. The number of halogens is 1. The van der Waals surface area contributed by atoms with Crippen molar-refractivity contribution in [1.29, 1.82) is 10.5 Å². The highest BCUT2D eigenvalue weighted by molar-refractivity contribution is 9.10. The topological polar surface area (TPSA) is 170 Å². The minimum atomic E-state index is -0.539. The minimum Gasteiger partial charge on any atom is -0.456 e. The fourth-order valence-electron chi connectivity index (χ4n) is 13.9. The molecule has 18 aromatic rings. The summed E-state index contributed by atoms with van der Waals surface area (Å²) in [6.07, 6.45) is 0. The summed E-state index contributed by atoms with van der Waals surface area (Å²) < 4.78 is 26.9. The number of aromatic nitrogens is 6. The largest absolute Gasteiger partial charge is 0.495 e. The Hall–Kier alpha value is -13.9. The molecule has 12 nitrogen and oxygen atoms in total. The van der Waals surface area contributed by atoms with Crippen molar-refractivity contribution in [2.45, 2.75) is 38.9 Å². The highest BCUT2D eigenvalue weighted by atomic mass is 79.9. The van der Waals surface area contributed by atoms with Crippen molar-refractivity contribution < 1.29 is 18.1 Å². The van der Waals surface area contributed by atoms with E-state index < -0.39 is 18.3 Å². The van der Waals surface area contributed by atoms with Crippen LogP contribution >= 0.6 is 15.9 Å². The van der Waals surface area contributed by atoms with Crippen molar-refractivity contribution in [3.63, 3.8) is 0 Å². The Kier molecular flexibility index (Phi) is 19.5. The van der Waals surface area contributed by atoms with E-state index in [2.05, 4.69) is 165 Å². The Balaban J connectivity index is 0.000000138. The van der Waals surface area contributed by atoms with Crippen LogP contribution in [0.2, 0.25) is 0 Å². The van der Waals surface area contributed by atoms with E-state index in [4.69, 9.17) is 53.3 Å². The number of rotatable bonds is 12. The number of fused-ring (bicyclic) bond motifs is 6. The number of nitriles is 2. The van der Waals surface area contributed by atoms with Crippen molar-refractivity contribution in [3.8, 4) is 136 Å². The van der Waals surface area contributed by atoms with Crippen LogP contribution in [0.15, 0.2) is 353 Å². The lowest BCUT2D eigenvalue weighted by Crippen LogP contribution is -2.41. The quantitative estimate of drug-likeness (QED) is 0.106. The van der Waals surface area contributed by atoms with Gasteiger partial charge in [-0.3, -0.25) is 0 Å². The Labute approximate surface area is 657 Å². The van der Waals surface area contributed by atoms with Gasteiger partial charge in [0.25, 0.3) is 0 Å². The molecule has 0 unspecified atom stereocenters. The van der Waals surface area contributed by atoms with E-state index >= 15 is 0 Å². The molecule has 0 amide bonds. The van der Waals surface area contributed by atoms with Crippen LogP contribution in [0.25, 0.3) is 168 Å². The maximum Gasteiger partial charge on any atom is 0.495 e. The van der Waals surface area contributed by atoms with Crippen LogP contribution in [0.5, 0.6) is 0 Å². The van der Waals surface area contributed by atoms with Crippen LogP contribution in [0.3, 0.4) is 0 Å². The molecule has 1 fully saturated rings. The predicted molar refractivity (Wildman–Crippen MR) is 453 cm³/mol. The van der Waals surface area contributed by atoms with Crippen LogP contribution in [-0.2, 0) is 9.31 Å². The van der Waals surface area contributed by atoms with Gasteiger partial charge in [-0.2, -0.15) is 10.5 Å². The molecule has 5 heterocycles. The molecule has 534 valence electrons. The van der Waals surface area contributed by atoms with Crippen molar-refractivity contribution >= 4 is 72.4 Å². The zero-order valence-electron chi connectivity index (χ0n) is 61.5. The Morgan fingerprint density at radius 1 is 0.268 bits per heavy atom. The lowest BCUT2D eigenvalue weighted by Gasteiger charge is -2.32. The molecule has 0 N–H and O–H groups in total. The standard InChI is InChI=1S/C46H28N4O.C39H32BN3O3.C13H8BrN/c47-29-30-15-17-31(18-16-30)32-19-21-33(22-20-32)39-27-41-38-13-7-8-14-42(38)51-43(41)28-40(39)34-23-25-37(26-24-34)46-49-44(35-9-3-1-4-10-35)48-45(50-46)36-11-5-2-6-12-36;1-38(2)39(3,4)46-40(45-38)32-23-31-29-17-11-12-18-33(29)44-34(31)24-30(32)25-19-21-28(22-20-25)37-42-35(26-13-7-5-8-14-26)41-36(43-37)27-15-9-6-10-16-27;14-13-7-5-12(6-8-13)11-3-1-10(9-15)2-4-11/h1-28H;5-24H,1-4H3;1-8H. The number of benzene rings is 14. The third-order valence-corrected chi connectivity index (χ3v) is 21.1. The fourth-order valence-corrected chi connectivity index (χ4v) is 14.1. The number of hydrogen-bond acceptors (Lipinski definition) is 12. The van der Waals surface area contributed by atoms with E-state index in [1.807, 2.05) is 231 Å². The Morgan fingerprint density at radius 2 is 0.536 bits per heavy atom. The minimum absolute atomic E-state index is 0.474. The average Bonchev–Trinajstić information content (AvgIpc) is 1.58. The second-order valence-corrected chi connectivity index (χ2v) is 29.2. The summed E-state index contributed by atoms with van der Waals surface area (Å²) in [5, 5.41) is 22.2. The first kappa shape index (κ1) is 71.1. The van der Waals surface area contributed by atoms with Crippen LogP contribution in [-0.4, -0.2) is 48.2 Å². The Morgan fingerprint density at radius 3 is 0.893 bits per heavy atom. The van der Waals surface area contributed by atoms with E-state index in [1.54, 1.807) is 0 Å². The van der Waals surface area contributed by atoms with Gasteiger partial charge in [0.05, 0.1) is 34.5 Å². The van der Waals surface area contributed by atoms with Crippen molar-refractivity contribution in [3.05, 3.63) is 355 Å². The number of para-hydroxylation sites is 2. The first-order chi connectivity index (χ1) is 54.7. The summed E-state index contributed by atoms with van der Waals surface area (Å²) in [7, 11) is -0.539. The predicted octanol–water partition coefficient (Wildman–Crippen LogP) is 24.4. The first-order valence-corrected chi connectivity index (χ1v) is 37.6. The van der Waals surface area contributed by atoms with E-state index in [-0.39, 0.29) is 0 Å². The molecule has 0 radical (unpaired) electrons. The average molecular weight is 1510 g/mol. The zero-order valence-corrected chi connectivity index (χ0v) is 63.1. The van der Waals surface area contributed by atoms with E-state index in [1.165, 1.54) is 0 Å². The van der Waals surface area contributed by atoms with Gasteiger partial charge in [-0.05, 0) is 156 Å². The van der Waals surface area contributed by atoms with Gasteiger partial charge in [0.1, 0.15) is 22.3 Å². The monoisotopic (exact) mass is 1510 g/mol. The highest BCUT2D eigenvalue weighted by Gasteiger charge is 2.52. The third kappa shape index (κ3) is 14.7. The van der Waals surface area contributed by atoms with Gasteiger partial charge in [0.2, 0.25) is 0 Å². The van der Waals surface area contributed by atoms with E-state index in [9.17, 15) is 5.26 Å². The number of hydrogen-bond donors (Lipinski definition) is 0. The smallest absolute Gasteiger partial charge is 0.456 e. The Bertz CT molecular complexity index is 6420. The van der Waals surface area contributed by atoms with E-state index in [0.29, 0.717) is 46.1 Å². The van der Waals surface area contributed by atoms with Gasteiger partial charge >= 0.3 is 7.12 Å². The van der Waals surface area contributed by atoms with Gasteiger partial charge in [0, 0.05) is 59.4 Å². The van der Waals surface area contributed by atoms with Crippen molar-refractivity contribution in [1.82, 2.24) is 29.9 Å². The number of furan rings is 2. The summed E-state index contributed by atoms with van der Waals surface area (Å²) in [5.74, 6) is 3.74. The molecular weight excluding hydrogens is 1440 g/mol. The second kappa shape index (κ2) is 30.7. The zero-order chi connectivity index (χ0) is 76.3. The molecule has 0 spiro atoms. The lowest BCUT2D eigenvalue weighted by molar-refractivity contribution is 0.00578. The van der Waals surface area contributed by atoms with Crippen LogP contribution in [0.4, 0.5) is 0 Å². The second-order valence-electron chi connectivity index (χ2n) is 28.3. The molecule has 0 aliphatic carbocycles. The first-order valence-electron chi connectivity index (χ1n) is 36.8. The molecule has 1 aliphatic rings. The lowest BCUT2D eigenvalue weighted by atomic mass is 9.73. The van der Waals surface area contributed by atoms with Crippen molar-refractivity contribution in [2.75, 3.05) is 0 Å². The molecule has 0 saturated carbocycles. The SMILES string of the molecule is CC1(C)OB(c2cc3c(cc2-c2ccc(-c4nc(-c5ccccc5)nc(-c5ccccc5)n4)cc2)oc2ccccc23)OC1(C)C.N#Cc1ccc(-c2ccc(-c3cc4c(cc3-c3ccc(-c5nc(-c6ccccc6)nc(-c6ccccc6)n5)cc3)oc3ccccc34)cc2)cc1.N#Cc1ccc(-c2ccc(Br)cc2)cc1. The molecule has 0 atom stereocenters. The van der Waals surface area contributed by atoms with Crippen molar-refractivity contribution in [2.24, 2.45) is 0 Å². The van der Waals surface area contributed by atoms with Crippen LogP contribution in [0.1, 0.15) is 38.8 Å². The summed E-state index contributed by atoms with van der Waals surface area (Å²) in [5.41, 5.74) is 21.0. The summed E-state index contributed by atoms with van der Waals surface area (Å²) in [6, 6.07) is 118. The fraction of sp³-hybridized carbons (Fsp3) is 0.0612. The molecule has 4 aromatic heterocycles. The van der Waals surface area contributed by atoms with Gasteiger partial charge in [0.15, 0.2) is 34.9 Å². The highest BCUT2D eigenvalue weighted by Crippen LogP contribution is 2.43. The van der Waals surface area contributed by atoms with Crippen LogP contribution < -0.4 is 5.46 Å². The molecule has 112 heavy (non-hydrogen) atoms. The van der Waals surface area contributed by atoms with Gasteiger partial charge in [-0.15, -0.1) is 0 Å². The molecule has 14 aromatic carbocycles. The summed E-state index contributed by atoms with van der Waals surface area (Å²) in [6.45, 7) is 8.31. The molecule has 1 saturated heterocycles. The van der Waals surface area contributed by atoms with E-state index in [0.717, 1.165) is 143 Å². The number of nitrogens with zero attached hydrogens (tertiary/aromatic N) is 8. The maximum absolute atomic E-state index is 9.22. The normalized spacial score (nSPS) is 12.7. The molecule has 1 aliphatic heterocycles. The summed E-state index contributed by atoms with van der Waals surface area (Å²) in [4.78, 5) is 29.3. The van der Waals surface area contributed by atoms with Gasteiger partial charge < -0.3 is 18.1 Å². The molecule has 19 rings (SSSR count). The molecule has 0 bridgehead atoms. The van der Waals surface area contributed by atoms with Gasteiger partial charge in [-0.25, -0.2) is 29.9 Å². The third-order valence-electron chi connectivity index (χ3n) is 20.6. The molecular formula is C98H68BBrN8O4. The van der Waals surface area contributed by atoms with Crippen LogP contribution in [0, 0.1) is 22.7 Å². The van der Waals surface area contributed by atoms with Gasteiger partial charge in [-0.1, -0.05) is 289 Å². The summed E-state index contributed by atoms with van der Waals surface area (Å²) >= 11 is 3.40.